The summed E-state index contributed by atoms with van der Waals surface area (Å²) in [5, 5.41) is 11.0. The fraction of sp³-hybridized carbons (Fsp3) is 0.714. The van der Waals surface area contributed by atoms with Gasteiger partial charge in [0.15, 0.2) is 0 Å². The van der Waals surface area contributed by atoms with Crippen LogP contribution in [0.25, 0.3) is 0 Å². The Bertz CT molecular complexity index is 663. The number of esters is 2. The van der Waals surface area contributed by atoms with Gasteiger partial charge in [-0.1, -0.05) is 26.8 Å². The quantitative estimate of drug-likeness (QED) is 0.778. The highest BCUT2D eigenvalue weighted by Crippen LogP contribution is 2.62. The average molecular weight is 362 g/mol. The Morgan fingerprint density at radius 3 is 2.73 bits per heavy atom. The van der Waals surface area contributed by atoms with Crippen molar-refractivity contribution in [2.75, 3.05) is 13.7 Å². The molecule has 1 N–H and O–H groups in total. The fourth-order valence-corrected chi connectivity index (χ4v) is 5.56. The molecule has 0 spiro atoms. The highest BCUT2D eigenvalue weighted by molar-refractivity contribution is 5.91. The number of hydrogen-bond acceptors (Lipinski definition) is 5. The monoisotopic (exact) mass is 362 g/mol. The minimum atomic E-state index is -0.614. The lowest BCUT2D eigenvalue weighted by Crippen LogP contribution is -2.57. The maximum absolute atomic E-state index is 12.4. The summed E-state index contributed by atoms with van der Waals surface area (Å²) in [4.78, 5) is 24.2. The first-order valence-electron chi connectivity index (χ1n) is 9.58. The Hall–Kier alpha value is -1.62. The highest BCUT2D eigenvalue weighted by atomic mass is 16.5. The Morgan fingerprint density at radius 1 is 1.38 bits per heavy atom. The van der Waals surface area contributed by atoms with Gasteiger partial charge in [0.25, 0.3) is 0 Å². The Balaban J connectivity index is 1.92. The molecule has 5 nitrogen and oxygen atoms in total. The number of cyclic esters (lactones) is 1. The van der Waals surface area contributed by atoms with Crippen molar-refractivity contribution in [3.63, 3.8) is 0 Å². The minimum Gasteiger partial charge on any atom is -0.466 e. The topological polar surface area (TPSA) is 72.8 Å². The van der Waals surface area contributed by atoms with Gasteiger partial charge in [-0.2, -0.15) is 0 Å². The SMILES string of the molecule is COC(=O)C1=CCC[C@@H]2[C@@](C)(CCC3=CCOC3=O)[C@H](C)C[C@H](O)[C@@]12C. The van der Waals surface area contributed by atoms with Crippen molar-refractivity contribution in [2.24, 2.45) is 22.7 Å². The smallest absolute Gasteiger partial charge is 0.334 e. The summed E-state index contributed by atoms with van der Waals surface area (Å²) in [6.07, 6.45) is 7.14. The normalized spacial score (nSPS) is 39.6. The number of rotatable bonds is 4. The van der Waals surface area contributed by atoms with Gasteiger partial charge in [0.2, 0.25) is 0 Å². The molecule has 144 valence electrons. The molecule has 1 saturated carbocycles. The highest BCUT2D eigenvalue weighted by Gasteiger charge is 2.59. The van der Waals surface area contributed by atoms with E-state index in [0.717, 1.165) is 24.8 Å². The Morgan fingerprint density at radius 2 is 2.12 bits per heavy atom. The van der Waals surface area contributed by atoms with Crippen LogP contribution >= 0.6 is 0 Å². The predicted molar refractivity (Wildman–Crippen MR) is 97.1 cm³/mol. The van der Waals surface area contributed by atoms with E-state index in [1.807, 2.05) is 19.1 Å². The zero-order valence-electron chi connectivity index (χ0n) is 16.2. The molecule has 0 unspecified atom stereocenters. The third-order valence-corrected chi connectivity index (χ3v) is 7.44. The van der Waals surface area contributed by atoms with Crippen molar-refractivity contribution >= 4 is 11.9 Å². The first-order chi connectivity index (χ1) is 12.2. The Kier molecular flexibility index (Phi) is 5.04. The molecule has 0 aromatic rings. The molecule has 26 heavy (non-hydrogen) atoms. The van der Waals surface area contributed by atoms with E-state index in [9.17, 15) is 14.7 Å². The number of aliphatic hydroxyl groups is 1. The molecule has 1 aliphatic heterocycles. The minimum absolute atomic E-state index is 0.0782. The summed E-state index contributed by atoms with van der Waals surface area (Å²) >= 11 is 0. The van der Waals surface area contributed by atoms with Crippen molar-refractivity contribution in [3.8, 4) is 0 Å². The third kappa shape index (κ3) is 2.81. The molecule has 3 rings (SSSR count). The summed E-state index contributed by atoms with van der Waals surface area (Å²) < 4.78 is 10.0. The van der Waals surface area contributed by atoms with Gasteiger partial charge in [0.1, 0.15) is 6.61 Å². The van der Waals surface area contributed by atoms with Crippen LogP contribution in [0, 0.1) is 22.7 Å². The van der Waals surface area contributed by atoms with Crippen molar-refractivity contribution in [1.82, 2.24) is 0 Å². The lowest BCUT2D eigenvalue weighted by molar-refractivity contribution is -0.151. The molecule has 5 atom stereocenters. The number of methoxy groups -OCH3 is 1. The van der Waals surface area contributed by atoms with E-state index in [1.54, 1.807) is 0 Å². The third-order valence-electron chi connectivity index (χ3n) is 7.44. The van der Waals surface area contributed by atoms with E-state index < -0.39 is 11.5 Å². The van der Waals surface area contributed by atoms with Gasteiger partial charge in [-0.05, 0) is 55.4 Å². The summed E-state index contributed by atoms with van der Waals surface area (Å²) in [5.41, 5.74) is 0.676. The molecule has 0 bridgehead atoms. The van der Waals surface area contributed by atoms with Crippen molar-refractivity contribution in [1.29, 1.82) is 0 Å². The van der Waals surface area contributed by atoms with Gasteiger partial charge >= 0.3 is 11.9 Å². The van der Waals surface area contributed by atoms with Crippen LogP contribution in [0.1, 0.15) is 52.9 Å². The standard InChI is InChI=1S/C21H30O5/c1-13-12-17(22)21(3)15(19(24)25-4)6-5-7-16(21)20(13,2)10-8-14-9-11-26-18(14)23/h6,9,13,16-17,22H,5,7-8,10-12H2,1-4H3/t13-,16-,17+,20+,21+/m1/s1. The molecule has 0 aromatic heterocycles. The van der Waals surface area contributed by atoms with Crippen LogP contribution in [0.5, 0.6) is 0 Å². The molecule has 3 aliphatic rings. The lowest BCUT2D eigenvalue weighted by atomic mass is 9.45. The number of carbonyl (C=O) groups excluding carboxylic acids is 2. The fourth-order valence-electron chi connectivity index (χ4n) is 5.56. The number of carbonyl (C=O) groups is 2. The summed E-state index contributed by atoms with van der Waals surface area (Å²) in [7, 11) is 1.39. The van der Waals surface area contributed by atoms with Crippen LogP contribution in [-0.2, 0) is 19.1 Å². The molecule has 0 radical (unpaired) electrons. The molecule has 1 fully saturated rings. The van der Waals surface area contributed by atoms with Crippen LogP contribution in [-0.4, -0.2) is 36.9 Å². The second kappa shape index (κ2) is 6.84. The zero-order chi connectivity index (χ0) is 19.1. The number of allylic oxidation sites excluding steroid dienone is 1. The maximum atomic E-state index is 12.4. The molecule has 2 aliphatic carbocycles. The first-order valence-corrected chi connectivity index (χ1v) is 9.58. The van der Waals surface area contributed by atoms with Crippen LogP contribution in [0.2, 0.25) is 0 Å². The van der Waals surface area contributed by atoms with E-state index in [2.05, 4.69) is 13.8 Å². The number of hydrogen-bond donors (Lipinski definition) is 1. The van der Waals surface area contributed by atoms with E-state index >= 15 is 0 Å². The summed E-state index contributed by atoms with van der Waals surface area (Å²) in [6, 6.07) is 0. The second-order valence-electron chi connectivity index (χ2n) is 8.51. The van der Waals surface area contributed by atoms with Gasteiger partial charge in [-0.3, -0.25) is 0 Å². The molecule has 0 amide bonds. The van der Waals surface area contributed by atoms with Gasteiger partial charge in [0, 0.05) is 16.6 Å². The lowest BCUT2D eigenvalue weighted by Gasteiger charge is -2.59. The summed E-state index contributed by atoms with van der Waals surface area (Å²) in [6.45, 7) is 6.82. The molecule has 0 saturated heterocycles. The van der Waals surface area contributed by atoms with Gasteiger partial charge in [-0.25, -0.2) is 9.59 Å². The van der Waals surface area contributed by atoms with Crippen LogP contribution in [0.15, 0.2) is 23.3 Å². The molecule has 0 aromatic carbocycles. The maximum Gasteiger partial charge on any atom is 0.334 e. The van der Waals surface area contributed by atoms with Gasteiger partial charge < -0.3 is 14.6 Å². The van der Waals surface area contributed by atoms with E-state index in [-0.39, 0.29) is 23.3 Å². The zero-order valence-corrected chi connectivity index (χ0v) is 16.2. The van der Waals surface area contributed by atoms with Crippen LogP contribution in [0.3, 0.4) is 0 Å². The molecular weight excluding hydrogens is 332 g/mol. The van der Waals surface area contributed by atoms with Crippen molar-refractivity contribution < 1.29 is 24.2 Å². The van der Waals surface area contributed by atoms with E-state index in [1.165, 1.54) is 7.11 Å². The van der Waals surface area contributed by atoms with Crippen LogP contribution < -0.4 is 0 Å². The molecule has 1 heterocycles. The predicted octanol–water partition coefficient (Wildman–Crippen LogP) is 3.17. The number of fused-ring (bicyclic) bond motifs is 1. The van der Waals surface area contributed by atoms with Gasteiger partial charge in [0.05, 0.1) is 13.2 Å². The molecule has 5 heteroatoms. The van der Waals surface area contributed by atoms with Crippen molar-refractivity contribution in [3.05, 3.63) is 23.3 Å². The summed E-state index contributed by atoms with van der Waals surface area (Å²) in [5.74, 6) is -0.0923. The Labute approximate surface area is 155 Å². The number of aliphatic hydroxyl groups excluding tert-OH is 1. The van der Waals surface area contributed by atoms with Crippen LogP contribution in [0.4, 0.5) is 0 Å². The molecular formula is C21H30O5. The van der Waals surface area contributed by atoms with Gasteiger partial charge in [-0.15, -0.1) is 0 Å². The largest absolute Gasteiger partial charge is 0.466 e. The second-order valence-corrected chi connectivity index (χ2v) is 8.51. The number of ether oxygens (including phenoxy) is 2. The van der Waals surface area contributed by atoms with Crippen molar-refractivity contribution in [2.45, 2.75) is 59.0 Å². The average Bonchev–Trinajstić information content (AvgIpc) is 3.03. The first kappa shape index (κ1) is 19.2. The van der Waals surface area contributed by atoms with E-state index in [4.69, 9.17) is 9.47 Å². The van der Waals surface area contributed by atoms with E-state index in [0.29, 0.717) is 30.9 Å².